The first-order chi connectivity index (χ1) is 17.9. The molecule has 37 heavy (non-hydrogen) atoms. The van der Waals surface area contributed by atoms with Crippen molar-refractivity contribution in [1.82, 2.24) is 19.7 Å². The van der Waals surface area contributed by atoms with Gasteiger partial charge in [-0.05, 0) is 42.2 Å². The Morgan fingerprint density at radius 1 is 0.946 bits per heavy atom. The molecule has 0 saturated heterocycles. The van der Waals surface area contributed by atoms with Gasteiger partial charge in [-0.25, -0.2) is 15.0 Å². The van der Waals surface area contributed by atoms with E-state index in [1.807, 2.05) is 60.9 Å². The lowest BCUT2D eigenvalue weighted by atomic mass is 10.1. The van der Waals surface area contributed by atoms with Crippen LogP contribution in [0, 0.1) is 0 Å². The summed E-state index contributed by atoms with van der Waals surface area (Å²) in [6.07, 6.45) is 3.51. The molecule has 3 aromatic carbocycles. The maximum absolute atomic E-state index is 11.4. The first-order valence-electron chi connectivity index (χ1n) is 11.1. The third-order valence-corrected chi connectivity index (χ3v) is 6.68. The van der Waals surface area contributed by atoms with E-state index < -0.39 is 0 Å². The highest BCUT2D eigenvalue weighted by molar-refractivity contribution is 7.98. The second-order valence-electron chi connectivity index (χ2n) is 7.96. The lowest BCUT2D eigenvalue weighted by Crippen LogP contribution is -2.00. The molecule has 0 aliphatic rings. The van der Waals surface area contributed by atoms with E-state index in [2.05, 4.69) is 9.97 Å². The Hall–Kier alpha value is -3.72. The number of thioether (sulfide) groups is 1. The summed E-state index contributed by atoms with van der Waals surface area (Å²) in [5.74, 6) is 0.613. The Balaban J connectivity index is 1.65. The molecule has 0 amide bonds. The molecule has 0 aliphatic heterocycles. The fraction of sp³-hybridized carbons (Fsp3) is 0.0741. The van der Waals surface area contributed by atoms with Gasteiger partial charge in [0.05, 0.1) is 21.3 Å². The van der Waals surface area contributed by atoms with E-state index in [1.54, 1.807) is 12.3 Å². The summed E-state index contributed by atoms with van der Waals surface area (Å²) in [7, 11) is 0. The minimum absolute atomic E-state index is 0.0971. The van der Waals surface area contributed by atoms with Crippen LogP contribution < -0.4 is 4.74 Å². The fourth-order valence-electron chi connectivity index (χ4n) is 3.83. The van der Waals surface area contributed by atoms with E-state index in [9.17, 15) is 10.3 Å². The molecule has 0 bridgehead atoms. The van der Waals surface area contributed by atoms with Crippen LogP contribution in [0.25, 0.3) is 34.0 Å². The van der Waals surface area contributed by atoms with Crippen LogP contribution in [0.2, 0.25) is 10.0 Å². The Morgan fingerprint density at radius 2 is 1.70 bits per heavy atom. The van der Waals surface area contributed by atoms with Gasteiger partial charge in [-0.1, -0.05) is 77.4 Å². The molecule has 10 heteroatoms. The number of rotatable bonds is 7. The van der Waals surface area contributed by atoms with Gasteiger partial charge in [0.25, 0.3) is 0 Å². The fourth-order valence-corrected chi connectivity index (χ4v) is 4.83. The van der Waals surface area contributed by atoms with Gasteiger partial charge in [-0.3, -0.25) is 0 Å². The predicted molar refractivity (Wildman–Crippen MR) is 146 cm³/mol. The first-order valence-corrected chi connectivity index (χ1v) is 13.1. The Morgan fingerprint density at radius 3 is 2.43 bits per heavy atom. The van der Waals surface area contributed by atoms with Gasteiger partial charge in [0, 0.05) is 11.8 Å². The number of aromatic nitrogens is 4. The van der Waals surface area contributed by atoms with Gasteiger partial charge in [0.1, 0.15) is 29.5 Å². The smallest absolute Gasteiger partial charge is 0.187 e. The van der Waals surface area contributed by atoms with Crippen LogP contribution in [-0.4, -0.2) is 36.3 Å². The van der Waals surface area contributed by atoms with Gasteiger partial charge in [0.15, 0.2) is 11.0 Å². The molecule has 0 fully saturated rings. The van der Waals surface area contributed by atoms with Crippen LogP contribution in [0.3, 0.4) is 0 Å². The van der Waals surface area contributed by atoms with Crippen molar-refractivity contribution in [2.75, 3.05) is 6.26 Å². The minimum Gasteiger partial charge on any atom is -0.508 e. The summed E-state index contributed by atoms with van der Waals surface area (Å²) >= 11 is 14.2. The van der Waals surface area contributed by atoms with Crippen molar-refractivity contribution in [3.8, 4) is 45.5 Å². The largest absolute Gasteiger partial charge is 0.508 e. The van der Waals surface area contributed by atoms with Crippen molar-refractivity contribution in [3.63, 3.8) is 0 Å². The molecule has 0 saturated carbocycles. The number of phenolic OH excluding ortho intramolecular Hbond substituents is 1. The minimum atomic E-state index is -0.0982. The number of aromatic hydroxyl groups is 1. The zero-order valence-electron chi connectivity index (χ0n) is 19.5. The number of hydrogen-bond acceptors (Lipinski definition) is 7. The average molecular weight is 551 g/mol. The van der Waals surface area contributed by atoms with Gasteiger partial charge < -0.3 is 15.1 Å². The van der Waals surface area contributed by atoms with Crippen molar-refractivity contribution >= 4 is 35.0 Å². The summed E-state index contributed by atoms with van der Waals surface area (Å²) in [5.41, 5.74) is 3.21. The zero-order chi connectivity index (χ0) is 25.9. The van der Waals surface area contributed by atoms with E-state index in [1.165, 1.54) is 23.9 Å². The Kier molecular flexibility index (Phi) is 7.23. The third-order valence-electron chi connectivity index (χ3n) is 5.52. The summed E-state index contributed by atoms with van der Waals surface area (Å²) in [5, 5.41) is 22.1. The standard InChI is InChI=1S/C27H20Cl2N4O3S/c1-37-27-30-11-10-22(31-27)24-25(33(35)26(32-24)23-20(28)13-18(34)14-21(23)29)17-8-5-9-19(12-17)36-15-16-6-3-2-4-7-16/h2-14,34-35H,15H2,1H3. The van der Waals surface area contributed by atoms with Gasteiger partial charge >= 0.3 is 0 Å². The van der Waals surface area contributed by atoms with E-state index in [4.69, 9.17) is 32.9 Å². The molecule has 186 valence electrons. The highest BCUT2D eigenvalue weighted by atomic mass is 35.5. The van der Waals surface area contributed by atoms with Crippen molar-refractivity contribution < 1.29 is 15.1 Å². The summed E-state index contributed by atoms with van der Waals surface area (Å²) in [6.45, 7) is 0.391. The van der Waals surface area contributed by atoms with Gasteiger partial charge in [-0.15, -0.1) is 0 Å². The topological polar surface area (TPSA) is 93.3 Å². The number of imidazole rings is 1. The zero-order valence-corrected chi connectivity index (χ0v) is 21.8. The molecule has 0 atom stereocenters. The molecule has 2 aromatic heterocycles. The number of hydrogen-bond donors (Lipinski definition) is 2. The number of phenols is 1. The van der Waals surface area contributed by atoms with Crippen LogP contribution in [0.15, 0.2) is 84.1 Å². The second-order valence-corrected chi connectivity index (χ2v) is 9.55. The quantitative estimate of drug-likeness (QED) is 0.125. The number of halogens is 2. The van der Waals surface area contributed by atoms with Crippen LogP contribution >= 0.6 is 35.0 Å². The Labute approximate surface area is 227 Å². The van der Waals surface area contributed by atoms with E-state index >= 15 is 0 Å². The number of benzene rings is 3. The summed E-state index contributed by atoms with van der Waals surface area (Å²) < 4.78 is 6.94. The average Bonchev–Trinajstić information content (AvgIpc) is 3.24. The van der Waals surface area contributed by atoms with E-state index in [0.717, 1.165) is 10.3 Å². The maximum Gasteiger partial charge on any atom is 0.187 e. The van der Waals surface area contributed by atoms with Crippen molar-refractivity contribution in [2.45, 2.75) is 11.8 Å². The number of ether oxygens (including phenoxy) is 1. The maximum atomic E-state index is 11.4. The van der Waals surface area contributed by atoms with Gasteiger partial charge in [-0.2, -0.15) is 4.73 Å². The van der Waals surface area contributed by atoms with Crippen LogP contribution in [-0.2, 0) is 6.61 Å². The molecule has 5 aromatic rings. The number of nitrogens with zero attached hydrogens (tertiary/aromatic N) is 4. The monoisotopic (exact) mass is 550 g/mol. The van der Waals surface area contributed by atoms with Crippen LogP contribution in [0.4, 0.5) is 0 Å². The summed E-state index contributed by atoms with van der Waals surface area (Å²) in [4.78, 5) is 13.5. The molecule has 0 radical (unpaired) electrons. The van der Waals surface area contributed by atoms with Crippen molar-refractivity contribution in [3.05, 3.63) is 94.6 Å². The molecule has 0 unspecified atom stereocenters. The van der Waals surface area contributed by atoms with Crippen LogP contribution in [0.1, 0.15) is 5.56 Å². The lowest BCUT2D eigenvalue weighted by Gasteiger charge is -2.11. The lowest BCUT2D eigenvalue weighted by molar-refractivity contribution is 0.195. The first kappa shape index (κ1) is 25.0. The Bertz CT molecular complexity index is 1550. The molecule has 5 rings (SSSR count). The van der Waals surface area contributed by atoms with Crippen LogP contribution in [0.5, 0.6) is 11.5 Å². The SMILES string of the molecule is CSc1nccc(-c2nc(-c3c(Cl)cc(O)cc3Cl)n(O)c2-c2cccc(OCc3ccccc3)c2)n1. The van der Waals surface area contributed by atoms with Crippen molar-refractivity contribution in [1.29, 1.82) is 0 Å². The molecular weight excluding hydrogens is 531 g/mol. The normalized spacial score (nSPS) is 11.0. The molecule has 2 heterocycles. The molecule has 0 aliphatic carbocycles. The molecule has 7 nitrogen and oxygen atoms in total. The predicted octanol–water partition coefficient (Wildman–Crippen LogP) is 7.22. The van der Waals surface area contributed by atoms with E-state index in [-0.39, 0.29) is 27.2 Å². The summed E-state index contributed by atoms with van der Waals surface area (Å²) in [6, 6.07) is 21.6. The molecular formula is C27H20Cl2N4O3S. The molecule has 2 N–H and O–H groups in total. The highest BCUT2D eigenvalue weighted by Gasteiger charge is 2.25. The van der Waals surface area contributed by atoms with Gasteiger partial charge in [0.2, 0.25) is 0 Å². The van der Waals surface area contributed by atoms with E-state index in [0.29, 0.717) is 40.2 Å². The third kappa shape index (κ3) is 5.22. The molecule has 0 spiro atoms. The second kappa shape index (κ2) is 10.7. The van der Waals surface area contributed by atoms with Crippen molar-refractivity contribution in [2.24, 2.45) is 0 Å². The highest BCUT2D eigenvalue weighted by Crippen LogP contribution is 2.41.